The predicted molar refractivity (Wildman–Crippen MR) is 93.3 cm³/mol. The van der Waals surface area contributed by atoms with Gasteiger partial charge in [-0.15, -0.1) is 0 Å². The third kappa shape index (κ3) is 3.28. The molecule has 2 heterocycles. The van der Waals surface area contributed by atoms with Crippen molar-refractivity contribution < 1.29 is 13.9 Å². The van der Waals surface area contributed by atoms with Crippen molar-refractivity contribution in [2.75, 3.05) is 11.5 Å². The number of carbonyl (C=O) groups is 1. The number of esters is 1. The molecule has 4 rings (SSSR count). The largest absolute Gasteiger partial charge is 0.453 e. The molecule has 0 saturated heterocycles. The van der Waals surface area contributed by atoms with Gasteiger partial charge in [-0.05, 0) is 43.5 Å². The lowest BCUT2D eigenvalue weighted by Gasteiger charge is -2.05. The molecule has 1 aliphatic rings. The van der Waals surface area contributed by atoms with Crippen LogP contribution < -0.4 is 11.5 Å². The van der Waals surface area contributed by atoms with Crippen molar-refractivity contribution in [1.82, 2.24) is 24.7 Å². The number of nitrogens with two attached hydrogens (primary N) is 2. The Bertz CT molecular complexity index is 997. The van der Waals surface area contributed by atoms with Gasteiger partial charge in [-0.25, -0.2) is 13.9 Å². The Balaban J connectivity index is 1.59. The van der Waals surface area contributed by atoms with E-state index in [0.29, 0.717) is 5.69 Å². The fraction of sp³-hybridized carbons (Fsp3) is 0.235. The molecule has 138 valence electrons. The SMILES string of the molecule is Nc1nc(N)nc(COC(=O)c2nn(-c3ccc(F)cc3)c3c2CCC3)n1. The maximum Gasteiger partial charge on any atom is 0.359 e. The Morgan fingerprint density at radius 3 is 2.52 bits per heavy atom. The van der Waals surface area contributed by atoms with Crippen LogP contribution in [-0.2, 0) is 24.2 Å². The van der Waals surface area contributed by atoms with E-state index in [1.165, 1.54) is 12.1 Å². The highest BCUT2D eigenvalue weighted by Gasteiger charge is 2.28. The number of anilines is 2. The molecule has 3 aromatic rings. The van der Waals surface area contributed by atoms with Crippen molar-refractivity contribution in [2.24, 2.45) is 0 Å². The number of fused-ring (bicyclic) bond motifs is 1. The van der Waals surface area contributed by atoms with Crippen LogP contribution in [0, 0.1) is 5.82 Å². The zero-order valence-electron chi connectivity index (χ0n) is 14.2. The molecule has 1 aliphatic carbocycles. The van der Waals surface area contributed by atoms with Gasteiger partial charge < -0.3 is 16.2 Å². The minimum Gasteiger partial charge on any atom is -0.453 e. The van der Waals surface area contributed by atoms with Gasteiger partial charge in [-0.2, -0.15) is 20.1 Å². The van der Waals surface area contributed by atoms with Crippen LogP contribution in [0.5, 0.6) is 0 Å². The second-order valence-corrected chi connectivity index (χ2v) is 6.06. The van der Waals surface area contributed by atoms with E-state index in [2.05, 4.69) is 20.1 Å². The van der Waals surface area contributed by atoms with E-state index in [-0.39, 0.29) is 35.8 Å². The highest BCUT2D eigenvalue weighted by atomic mass is 19.1. The third-order valence-corrected chi connectivity index (χ3v) is 4.24. The van der Waals surface area contributed by atoms with E-state index in [1.807, 2.05) is 0 Å². The molecule has 0 spiro atoms. The van der Waals surface area contributed by atoms with Gasteiger partial charge in [0.25, 0.3) is 0 Å². The second-order valence-electron chi connectivity index (χ2n) is 6.06. The highest BCUT2D eigenvalue weighted by Crippen LogP contribution is 2.28. The summed E-state index contributed by atoms with van der Waals surface area (Å²) >= 11 is 0. The molecule has 0 unspecified atom stereocenters. The number of rotatable bonds is 4. The Labute approximate surface area is 153 Å². The van der Waals surface area contributed by atoms with Crippen LogP contribution in [0.2, 0.25) is 0 Å². The molecule has 0 saturated carbocycles. The van der Waals surface area contributed by atoms with Crippen molar-refractivity contribution >= 4 is 17.9 Å². The van der Waals surface area contributed by atoms with E-state index in [4.69, 9.17) is 16.2 Å². The topological polar surface area (TPSA) is 135 Å². The lowest BCUT2D eigenvalue weighted by atomic mass is 10.2. The van der Waals surface area contributed by atoms with E-state index >= 15 is 0 Å². The smallest absolute Gasteiger partial charge is 0.359 e. The average molecular weight is 369 g/mol. The van der Waals surface area contributed by atoms with Crippen molar-refractivity contribution in [3.05, 3.63) is 52.9 Å². The van der Waals surface area contributed by atoms with Gasteiger partial charge in [0.2, 0.25) is 11.9 Å². The minimum atomic E-state index is -0.591. The standard InChI is InChI=1S/C17H16FN7O2/c18-9-4-6-10(7-5-9)25-12-3-1-2-11(12)14(24-25)15(26)27-8-13-21-16(19)23-17(20)22-13/h4-7H,1-3,8H2,(H4,19,20,21,22,23). The van der Waals surface area contributed by atoms with Gasteiger partial charge in [0, 0.05) is 11.3 Å². The lowest BCUT2D eigenvalue weighted by Crippen LogP contribution is -2.12. The number of nitrogens with zero attached hydrogens (tertiary/aromatic N) is 5. The Morgan fingerprint density at radius 1 is 1.11 bits per heavy atom. The van der Waals surface area contributed by atoms with Crippen molar-refractivity contribution in [3.63, 3.8) is 0 Å². The average Bonchev–Trinajstić information content (AvgIpc) is 3.22. The number of nitrogen functional groups attached to an aromatic ring is 2. The van der Waals surface area contributed by atoms with Gasteiger partial charge >= 0.3 is 5.97 Å². The van der Waals surface area contributed by atoms with E-state index in [9.17, 15) is 9.18 Å². The molecule has 0 radical (unpaired) electrons. The second kappa shape index (κ2) is 6.63. The summed E-state index contributed by atoms with van der Waals surface area (Å²) in [5.41, 5.74) is 13.7. The van der Waals surface area contributed by atoms with E-state index in [0.717, 1.165) is 30.5 Å². The van der Waals surface area contributed by atoms with Crippen LogP contribution in [0.4, 0.5) is 16.3 Å². The number of benzene rings is 1. The molecular formula is C17H16FN7O2. The molecular weight excluding hydrogens is 353 g/mol. The first-order valence-electron chi connectivity index (χ1n) is 8.31. The molecule has 0 amide bonds. The van der Waals surface area contributed by atoms with Crippen molar-refractivity contribution in [1.29, 1.82) is 0 Å². The third-order valence-electron chi connectivity index (χ3n) is 4.24. The predicted octanol–water partition coefficient (Wildman–Crippen LogP) is 1.21. The molecule has 4 N–H and O–H groups in total. The van der Waals surface area contributed by atoms with Gasteiger partial charge in [-0.1, -0.05) is 0 Å². The van der Waals surface area contributed by atoms with Crippen LogP contribution in [0.15, 0.2) is 24.3 Å². The normalized spacial score (nSPS) is 12.8. The van der Waals surface area contributed by atoms with Crippen LogP contribution in [0.1, 0.15) is 34.0 Å². The summed E-state index contributed by atoms with van der Waals surface area (Å²) < 4.78 is 20.1. The number of aromatic nitrogens is 5. The number of hydrogen-bond acceptors (Lipinski definition) is 8. The summed E-state index contributed by atoms with van der Waals surface area (Å²) in [6, 6.07) is 5.94. The van der Waals surface area contributed by atoms with Crippen LogP contribution in [0.25, 0.3) is 5.69 Å². The molecule has 0 fully saturated rings. The minimum absolute atomic E-state index is 0.0463. The van der Waals surface area contributed by atoms with Gasteiger partial charge in [0.15, 0.2) is 18.1 Å². The summed E-state index contributed by atoms with van der Waals surface area (Å²) in [6.45, 7) is -0.200. The quantitative estimate of drug-likeness (QED) is 0.655. The van der Waals surface area contributed by atoms with Crippen molar-refractivity contribution in [3.8, 4) is 5.69 Å². The van der Waals surface area contributed by atoms with Crippen LogP contribution in [0.3, 0.4) is 0 Å². The summed E-state index contributed by atoms with van der Waals surface area (Å²) in [4.78, 5) is 24.0. The number of halogens is 1. The maximum absolute atomic E-state index is 13.2. The summed E-state index contributed by atoms with van der Waals surface area (Å²) in [6.07, 6.45) is 2.43. The molecule has 1 aromatic carbocycles. The summed E-state index contributed by atoms with van der Waals surface area (Å²) in [5, 5.41) is 4.40. The fourth-order valence-electron chi connectivity index (χ4n) is 3.12. The Morgan fingerprint density at radius 2 is 1.81 bits per heavy atom. The monoisotopic (exact) mass is 369 g/mol. The molecule has 0 aliphatic heterocycles. The number of carbonyl (C=O) groups excluding carboxylic acids is 1. The molecule has 9 nitrogen and oxygen atoms in total. The first kappa shape index (κ1) is 16.9. The number of hydrogen-bond donors (Lipinski definition) is 2. The van der Waals surface area contributed by atoms with Gasteiger partial charge in [0.1, 0.15) is 5.82 Å². The Kier molecular flexibility index (Phi) is 4.15. The van der Waals surface area contributed by atoms with Gasteiger partial charge in [-0.3, -0.25) is 0 Å². The zero-order valence-corrected chi connectivity index (χ0v) is 14.2. The fourth-order valence-corrected chi connectivity index (χ4v) is 3.12. The molecule has 27 heavy (non-hydrogen) atoms. The maximum atomic E-state index is 13.2. The number of ether oxygens (including phenoxy) is 1. The summed E-state index contributed by atoms with van der Waals surface area (Å²) in [5.74, 6) is -0.863. The van der Waals surface area contributed by atoms with Gasteiger partial charge in [0.05, 0.1) is 5.69 Å². The molecule has 2 aromatic heterocycles. The van der Waals surface area contributed by atoms with Crippen LogP contribution >= 0.6 is 0 Å². The summed E-state index contributed by atoms with van der Waals surface area (Å²) in [7, 11) is 0. The zero-order chi connectivity index (χ0) is 19.0. The van der Waals surface area contributed by atoms with Crippen molar-refractivity contribution in [2.45, 2.75) is 25.9 Å². The highest BCUT2D eigenvalue weighted by molar-refractivity contribution is 5.89. The first-order valence-corrected chi connectivity index (χ1v) is 8.31. The molecule has 0 bridgehead atoms. The molecule has 0 atom stereocenters. The van der Waals surface area contributed by atoms with Crippen LogP contribution in [-0.4, -0.2) is 30.7 Å². The Hall–Kier alpha value is -3.56. The first-order chi connectivity index (χ1) is 13.0. The lowest BCUT2D eigenvalue weighted by molar-refractivity contribution is 0.0453. The van der Waals surface area contributed by atoms with E-state index < -0.39 is 5.97 Å². The van der Waals surface area contributed by atoms with E-state index in [1.54, 1.807) is 16.8 Å². The molecule has 10 heteroatoms.